The predicted octanol–water partition coefficient (Wildman–Crippen LogP) is 3.15. The second-order valence-corrected chi connectivity index (χ2v) is 8.60. The smallest absolute Gasteiger partial charge is 0.337 e. The summed E-state index contributed by atoms with van der Waals surface area (Å²) in [7, 11) is -2.68. The summed E-state index contributed by atoms with van der Waals surface area (Å²) in [6.07, 6.45) is 2.02. The molecular formula is C19H20N4O5S. The van der Waals surface area contributed by atoms with Gasteiger partial charge < -0.3 is 14.2 Å². The molecule has 0 atom stereocenters. The third-order valence-electron chi connectivity index (χ3n) is 4.74. The molecule has 3 aromatic rings. The monoisotopic (exact) mass is 416 g/mol. The summed E-state index contributed by atoms with van der Waals surface area (Å²) in [5.74, 6) is 0.573. The van der Waals surface area contributed by atoms with Crippen molar-refractivity contribution >= 4 is 21.7 Å². The predicted molar refractivity (Wildman–Crippen MR) is 104 cm³/mol. The number of carbonyl (C=O) groups excluding carboxylic acids is 1. The lowest BCUT2D eigenvalue weighted by Gasteiger charge is -2.10. The summed E-state index contributed by atoms with van der Waals surface area (Å²) in [6.45, 7) is 3.43. The fraction of sp³-hybridized carbons (Fsp3) is 0.316. The van der Waals surface area contributed by atoms with Crippen LogP contribution >= 0.6 is 0 Å². The molecule has 1 fully saturated rings. The zero-order valence-electron chi connectivity index (χ0n) is 16.1. The van der Waals surface area contributed by atoms with E-state index in [4.69, 9.17) is 4.52 Å². The molecule has 0 radical (unpaired) electrons. The van der Waals surface area contributed by atoms with E-state index in [1.807, 2.05) is 0 Å². The van der Waals surface area contributed by atoms with E-state index in [2.05, 4.69) is 24.6 Å². The van der Waals surface area contributed by atoms with Gasteiger partial charge in [0.25, 0.3) is 15.9 Å². The maximum atomic E-state index is 13.1. The van der Waals surface area contributed by atoms with Crippen LogP contribution < -0.4 is 4.72 Å². The number of hydrogen-bond donors (Lipinski definition) is 2. The van der Waals surface area contributed by atoms with Crippen LogP contribution in [-0.2, 0) is 14.8 Å². The first-order chi connectivity index (χ1) is 13.8. The number of aromatic nitrogens is 3. The lowest BCUT2D eigenvalue weighted by molar-refractivity contribution is 0.0600. The van der Waals surface area contributed by atoms with Crippen LogP contribution in [0.2, 0.25) is 0 Å². The van der Waals surface area contributed by atoms with Crippen molar-refractivity contribution in [2.45, 2.75) is 37.5 Å². The average Bonchev–Trinajstić information content (AvgIpc) is 3.33. The summed E-state index contributed by atoms with van der Waals surface area (Å²) < 4.78 is 38.8. The van der Waals surface area contributed by atoms with Crippen LogP contribution in [0.5, 0.6) is 0 Å². The highest BCUT2D eigenvalue weighted by Crippen LogP contribution is 2.40. The first kappa shape index (κ1) is 19.2. The Morgan fingerprint density at radius 3 is 2.52 bits per heavy atom. The number of H-pyrrole nitrogens is 1. The van der Waals surface area contributed by atoms with Crippen LogP contribution in [0.15, 0.2) is 33.7 Å². The van der Waals surface area contributed by atoms with E-state index in [-0.39, 0.29) is 10.8 Å². The molecule has 0 aliphatic heterocycles. The molecule has 1 aliphatic carbocycles. The van der Waals surface area contributed by atoms with Gasteiger partial charge in [0.15, 0.2) is 5.82 Å². The minimum absolute atomic E-state index is 0.0537. The van der Waals surface area contributed by atoms with Crippen molar-refractivity contribution in [2.24, 2.45) is 0 Å². The number of sulfonamides is 1. The van der Waals surface area contributed by atoms with Crippen LogP contribution in [0.4, 0.5) is 5.69 Å². The zero-order valence-corrected chi connectivity index (χ0v) is 17.0. The number of anilines is 1. The largest absolute Gasteiger partial charge is 0.465 e. The zero-order chi connectivity index (χ0) is 20.8. The molecule has 0 unspecified atom stereocenters. The van der Waals surface area contributed by atoms with E-state index < -0.39 is 16.0 Å². The van der Waals surface area contributed by atoms with Gasteiger partial charge >= 0.3 is 5.97 Å². The average molecular weight is 416 g/mol. The van der Waals surface area contributed by atoms with Crippen molar-refractivity contribution in [3.63, 3.8) is 0 Å². The lowest BCUT2D eigenvalue weighted by Crippen LogP contribution is -2.14. The van der Waals surface area contributed by atoms with Gasteiger partial charge in [-0.3, -0.25) is 4.72 Å². The number of methoxy groups -OCH3 is 1. The number of esters is 1. The van der Waals surface area contributed by atoms with Gasteiger partial charge in [-0.05, 0) is 51.0 Å². The van der Waals surface area contributed by atoms with E-state index in [1.54, 1.807) is 13.8 Å². The van der Waals surface area contributed by atoms with Crippen LogP contribution in [0.1, 0.15) is 46.3 Å². The fourth-order valence-electron chi connectivity index (χ4n) is 3.19. The minimum Gasteiger partial charge on any atom is -0.465 e. The number of hydrogen-bond acceptors (Lipinski definition) is 7. The number of ether oxygens (including phenoxy) is 1. The minimum atomic E-state index is -3.96. The molecule has 9 nitrogen and oxygen atoms in total. The normalized spacial score (nSPS) is 14.0. The Bertz CT molecular complexity index is 1170. The molecule has 2 heterocycles. The Morgan fingerprint density at radius 2 is 1.90 bits per heavy atom. The van der Waals surface area contributed by atoms with E-state index in [0.717, 1.165) is 12.8 Å². The molecule has 10 heteroatoms. The molecule has 152 valence electrons. The van der Waals surface area contributed by atoms with Crippen molar-refractivity contribution in [3.8, 4) is 11.5 Å². The molecule has 0 bridgehead atoms. The second kappa shape index (κ2) is 7.03. The highest BCUT2D eigenvalue weighted by atomic mass is 32.2. The van der Waals surface area contributed by atoms with Gasteiger partial charge in [-0.2, -0.15) is 4.98 Å². The molecule has 1 aromatic carbocycles. The molecule has 1 saturated carbocycles. The topological polar surface area (TPSA) is 127 Å². The third kappa shape index (κ3) is 3.63. The molecule has 1 aliphatic rings. The van der Waals surface area contributed by atoms with Gasteiger partial charge in [0, 0.05) is 23.0 Å². The first-order valence-corrected chi connectivity index (χ1v) is 10.5. The van der Waals surface area contributed by atoms with Gasteiger partial charge in [-0.25, -0.2) is 13.2 Å². The Labute approximate surface area is 167 Å². The number of aryl methyl sites for hydroxylation is 2. The van der Waals surface area contributed by atoms with Gasteiger partial charge in [0.05, 0.1) is 18.2 Å². The van der Waals surface area contributed by atoms with Crippen molar-refractivity contribution in [1.29, 1.82) is 0 Å². The highest BCUT2D eigenvalue weighted by molar-refractivity contribution is 7.93. The fourth-order valence-corrected chi connectivity index (χ4v) is 4.71. The quantitative estimate of drug-likeness (QED) is 0.591. The molecule has 29 heavy (non-hydrogen) atoms. The highest BCUT2D eigenvalue weighted by Gasteiger charge is 2.32. The molecule has 4 rings (SSSR count). The van der Waals surface area contributed by atoms with Crippen LogP contribution in [0.25, 0.3) is 11.5 Å². The second-order valence-electron chi connectivity index (χ2n) is 6.99. The summed E-state index contributed by atoms with van der Waals surface area (Å²) >= 11 is 0. The lowest BCUT2D eigenvalue weighted by atomic mass is 10.2. The van der Waals surface area contributed by atoms with Gasteiger partial charge in [0.2, 0.25) is 0 Å². The maximum Gasteiger partial charge on any atom is 0.337 e. The molecular weight excluding hydrogens is 396 g/mol. The van der Waals surface area contributed by atoms with Crippen LogP contribution in [0.3, 0.4) is 0 Å². The molecule has 0 amide bonds. The molecule has 2 N–H and O–H groups in total. The number of nitrogens with zero attached hydrogens (tertiary/aromatic N) is 2. The maximum absolute atomic E-state index is 13.1. The summed E-state index contributed by atoms with van der Waals surface area (Å²) in [5.41, 5.74) is 2.08. The van der Waals surface area contributed by atoms with Gasteiger partial charge in [-0.1, -0.05) is 5.16 Å². The number of benzene rings is 1. The standard InChI is InChI=1S/C19H20N4O5S/c1-10-15(18-21-17(22-28-18)12-4-5-12)16(11(2)20-10)29(25,26)23-14-8-6-13(7-9-14)19(24)27-3/h6-9,12,20,23H,4-5H2,1-3H3. The van der Waals surface area contributed by atoms with Gasteiger partial charge in [-0.15, -0.1) is 0 Å². The van der Waals surface area contributed by atoms with Crippen LogP contribution in [-0.4, -0.2) is 36.6 Å². The Hall–Kier alpha value is -3.14. The van der Waals surface area contributed by atoms with Crippen LogP contribution in [0, 0.1) is 13.8 Å². The van der Waals surface area contributed by atoms with E-state index in [0.29, 0.717) is 39.9 Å². The number of aromatic amines is 1. The van der Waals surface area contributed by atoms with E-state index in [1.165, 1.54) is 31.4 Å². The molecule has 2 aromatic heterocycles. The Kier molecular flexibility index (Phi) is 4.65. The Morgan fingerprint density at radius 1 is 1.21 bits per heavy atom. The first-order valence-electron chi connectivity index (χ1n) is 9.04. The summed E-state index contributed by atoms with van der Waals surface area (Å²) in [5, 5.41) is 3.99. The van der Waals surface area contributed by atoms with Crippen molar-refractivity contribution in [2.75, 3.05) is 11.8 Å². The van der Waals surface area contributed by atoms with E-state index >= 15 is 0 Å². The molecule has 0 spiro atoms. The SMILES string of the molecule is COC(=O)c1ccc(NS(=O)(=O)c2c(C)[nH]c(C)c2-c2nc(C3CC3)no2)cc1. The van der Waals surface area contributed by atoms with Crippen molar-refractivity contribution in [1.82, 2.24) is 15.1 Å². The third-order valence-corrected chi connectivity index (χ3v) is 6.29. The molecule has 0 saturated heterocycles. The van der Waals surface area contributed by atoms with Crippen molar-refractivity contribution < 1.29 is 22.5 Å². The van der Waals surface area contributed by atoms with Crippen molar-refractivity contribution in [3.05, 3.63) is 47.0 Å². The van der Waals surface area contributed by atoms with E-state index in [9.17, 15) is 13.2 Å². The number of carbonyl (C=O) groups is 1. The number of rotatable bonds is 6. The summed E-state index contributed by atoms with van der Waals surface area (Å²) in [6, 6.07) is 5.96. The van der Waals surface area contributed by atoms with Gasteiger partial charge in [0.1, 0.15) is 4.90 Å². The number of nitrogens with one attached hydrogen (secondary N) is 2. The Balaban J connectivity index is 1.68. The summed E-state index contributed by atoms with van der Waals surface area (Å²) in [4.78, 5) is 19.0.